The second-order valence-electron chi connectivity index (χ2n) is 7.69. The number of benzene rings is 2. The van der Waals surface area contributed by atoms with Gasteiger partial charge >= 0.3 is 6.16 Å². The average Bonchev–Trinajstić information content (AvgIpc) is 3.05. The summed E-state index contributed by atoms with van der Waals surface area (Å²) in [6, 6.07) is 13.9. The molecule has 2 aromatic rings. The minimum absolute atomic E-state index is 0.0231. The molecule has 0 radical (unpaired) electrons. The van der Waals surface area contributed by atoms with Gasteiger partial charge in [0.2, 0.25) is 0 Å². The molecule has 32 heavy (non-hydrogen) atoms. The Morgan fingerprint density at radius 3 is 1.78 bits per heavy atom. The van der Waals surface area contributed by atoms with E-state index < -0.39 is 6.16 Å². The van der Waals surface area contributed by atoms with E-state index in [1.165, 1.54) is 0 Å². The largest absolute Gasteiger partial charge is 0.513 e. The minimum Gasteiger partial charge on any atom is -0.434 e. The Hall–Kier alpha value is -3.55. The molecule has 1 saturated heterocycles. The van der Waals surface area contributed by atoms with Crippen LogP contribution in [0.4, 0.5) is 10.5 Å². The highest BCUT2D eigenvalue weighted by atomic mass is 16.7. The van der Waals surface area contributed by atoms with Gasteiger partial charge in [0.05, 0.1) is 6.61 Å². The first-order chi connectivity index (χ1) is 15.4. The first-order valence-corrected chi connectivity index (χ1v) is 10.7. The van der Waals surface area contributed by atoms with Gasteiger partial charge in [-0.3, -0.25) is 9.59 Å². The van der Waals surface area contributed by atoms with Crippen LogP contribution in [-0.4, -0.2) is 74.7 Å². The van der Waals surface area contributed by atoms with Crippen LogP contribution in [-0.2, 0) is 4.74 Å². The van der Waals surface area contributed by atoms with Crippen molar-refractivity contribution in [3.8, 4) is 5.75 Å². The van der Waals surface area contributed by atoms with Crippen LogP contribution < -0.4 is 9.64 Å². The molecule has 0 aromatic heterocycles. The number of ether oxygens (including phenoxy) is 2. The smallest absolute Gasteiger partial charge is 0.434 e. The van der Waals surface area contributed by atoms with Crippen LogP contribution in [0.2, 0.25) is 0 Å². The lowest BCUT2D eigenvalue weighted by molar-refractivity contribution is 0.0718. The van der Waals surface area contributed by atoms with E-state index in [9.17, 15) is 14.4 Å². The molecule has 1 aliphatic rings. The maximum Gasteiger partial charge on any atom is 0.513 e. The summed E-state index contributed by atoms with van der Waals surface area (Å²) in [6.07, 6.45) is -0.0719. The van der Waals surface area contributed by atoms with Gasteiger partial charge < -0.3 is 24.2 Å². The van der Waals surface area contributed by atoms with Crippen LogP contribution in [0.1, 0.15) is 34.1 Å². The number of anilines is 1. The second kappa shape index (κ2) is 10.7. The topological polar surface area (TPSA) is 79.4 Å². The molecule has 1 heterocycles. The van der Waals surface area contributed by atoms with Crippen molar-refractivity contribution in [1.82, 2.24) is 9.80 Å². The highest BCUT2D eigenvalue weighted by molar-refractivity contribution is 5.95. The van der Waals surface area contributed by atoms with Gasteiger partial charge in [-0.05, 0) is 61.9 Å². The van der Waals surface area contributed by atoms with Gasteiger partial charge in [0.25, 0.3) is 11.8 Å². The standard InChI is InChI=1S/C24H29N3O5/c1-4-31-24(30)32-21-12-8-19(9-13-21)23(29)27-15-5-14-26(16-17-27)22(28)18-6-10-20(11-7-18)25(2)3/h6-13H,4-5,14-17H2,1-3H3. The summed E-state index contributed by atoms with van der Waals surface area (Å²) in [7, 11) is 3.91. The van der Waals surface area contributed by atoms with Crippen LogP contribution in [0.15, 0.2) is 48.5 Å². The molecule has 2 amide bonds. The van der Waals surface area contributed by atoms with E-state index in [4.69, 9.17) is 9.47 Å². The van der Waals surface area contributed by atoms with E-state index in [2.05, 4.69) is 0 Å². The maximum absolute atomic E-state index is 12.9. The van der Waals surface area contributed by atoms with Crippen molar-refractivity contribution in [2.45, 2.75) is 13.3 Å². The zero-order valence-corrected chi connectivity index (χ0v) is 18.7. The van der Waals surface area contributed by atoms with Gasteiger partial charge in [-0.1, -0.05) is 0 Å². The van der Waals surface area contributed by atoms with Gasteiger partial charge in [0.15, 0.2) is 0 Å². The monoisotopic (exact) mass is 439 g/mol. The van der Waals surface area contributed by atoms with E-state index >= 15 is 0 Å². The molecule has 2 aromatic carbocycles. The van der Waals surface area contributed by atoms with Crippen molar-refractivity contribution in [3.05, 3.63) is 59.7 Å². The van der Waals surface area contributed by atoms with Gasteiger partial charge in [0.1, 0.15) is 5.75 Å². The average molecular weight is 440 g/mol. The molecular formula is C24H29N3O5. The van der Waals surface area contributed by atoms with Crippen molar-refractivity contribution in [2.24, 2.45) is 0 Å². The lowest BCUT2D eigenvalue weighted by atomic mass is 10.1. The Bertz CT molecular complexity index is 941. The third-order valence-electron chi connectivity index (χ3n) is 5.27. The van der Waals surface area contributed by atoms with Gasteiger partial charge in [-0.15, -0.1) is 0 Å². The van der Waals surface area contributed by atoms with E-state index in [1.807, 2.05) is 43.3 Å². The first-order valence-electron chi connectivity index (χ1n) is 10.7. The molecule has 8 nitrogen and oxygen atoms in total. The summed E-state index contributed by atoms with van der Waals surface area (Å²) in [6.45, 7) is 4.03. The molecule has 0 spiro atoms. The molecule has 0 aliphatic carbocycles. The van der Waals surface area contributed by atoms with E-state index in [-0.39, 0.29) is 18.4 Å². The molecule has 1 aliphatic heterocycles. The molecule has 0 bridgehead atoms. The molecule has 0 saturated carbocycles. The Labute approximate surface area is 188 Å². The molecular weight excluding hydrogens is 410 g/mol. The normalized spacial score (nSPS) is 13.8. The summed E-state index contributed by atoms with van der Waals surface area (Å²) >= 11 is 0. The summed E-state index contributed by atoms with van der Waals surface area (Å²) in [5, 5.41) is 0. The highest BCUT2D eigenvalue weighted by Gasteiger charge is 2.23. The summed E-state index contributed by atoms with van der Waals surface area (Å²) in [5.41, 5.74) is 2.18. The van der Waals surface area contributed by atoms with Crippen LogP contribution in [0.25, 0.3) is 0 Å². The Kier molecular flexibility index (Phi) is 7.70. The number of nitrogens with zero attached hydrogens (tertiary/aromatic N) is 3. The first kappa shape index (κ1) is 23.1. The van der Waals surface area contributed by atoms with Crippen LogP contribution in [0, 0.1) is 0 Å². The van der Waals surface area contributed by atoms with Crippen LogP contribution in [0.5, 0.6) is 5.75 Å². The maximum atomic E-state index is 12.9. The SMILES string of the molecule is CCOC(=O)Oc1ccc(C(=O)N2CCCN(C(=O)c3ccc(N(C)C)cc3)CC2)cc1. The Balaban J connectivity index is 1.59. The minimum atomic E-state index is -0.778. The molecule has 3 rings (SSSR count). The third-order valence-corrected chi connectivity index (χ3v) is 5.27. The molecule has 0 atom stereocenters. The quantitative estimate of drug-likeness (QED) is 0.526. The summed E-state index contributed by atoms with van der Waals surface area (Å²) < 4.78 is 9.76. The van der Waals surface area contributed by atoms with Crippen molar-refractivity contribution < 1.29 is 23.9 Å². The predicted octanol–water partition coefficient (Wildman–Crippen LogP) is 3.28. The van der Waals surface area contributed by atoms with Gasteiger partial charge in [-0.25, -0.2) is 4.79 Å². The molecule has 170 valence electrons. The number of hydrogen-bond acceptors (Lipinski definition) is 6. The van der Waals surface area contributed by atoms with Crippen molar-refractivity contribution >= 4 is 23.7 Å². The second-order valence-corrected chi connectivity index (χ2v) is 7.69. The van der Waals surface area contributed by atoms with E-state index in [1.54, 1.807) is 41.0 Å². The summed E-state index contributed by atoms with van der Waals surface area (Å²) in [5.74, 6) is 0.176. The fraction of sp³-hybridized carbons (Fsp3) is 0.375. The lowest BCUT2D eigenvalue weighted by Gasteiger charge is -2.22. The number of amides is 2. The third kappa shape index (κ3) is 5.78. The fourth-order valence-corrected chi connectivity index (χ4v) is 3.50. The van der Waals surface area contributed by atoms with Gasteiger partial charge in [0, 0.05) is 57.1 Å². The van der Waals surface area contributed by atoms with E-state index in [0.717, 1.165) is 5.69 Å². The lowest BCUT2D eigenvalue weighted by Crippen LogP contribution is -2.37. The Morgan fingerprint density at radius 2 is 1.31 bits per heavy atom. The zero-order valence-electron chi connectivity index (χ0n) is 18.7. The molecule has 8 heteroatoms. The highest BCUT2D eigenvalue weighted by Crippen LogP contribution is 2.17. The molecule has 1 fully saturated rings. The number of rotatable bonds is 5. The van der Waals surface area contributed by atoms with Crippen molar-refractivity contribution in [2.75, 3.05) is 51.8 Å². The summed E-state index contributed by atoms with van der Waals surface area (Å²) in [4.78, 5) is 42.8. The number of hydrogen-bond donors (Lipinski definition) is 0. The molecule has 0 unspecified atom stereocenters. The number of carbonyl (C=O) groups excluding carboxylic acids is 3. The Morgan fingerprint density at radius 1 is 0.812 bits per heavy atom. The number of carbonyl (C=O) groups is 3. The zero-order chi connectivity index (χ0) is 23.1. The van der Waals surface area contributed by atoms with E-state index in [0.29, 0.717) is 49.5 Å². The van der Waals surface area contributed by atoms with Crippen LogP contribution >= 0.6 is 0 Å². The van der Waals surface area contributed by atoms with Crippen molar-refractivity contribution in [3.63, 3.8) is 0 Å². The molecule has 0 N–H and O–H groups in total. The predicted molar refractivity (Wildman–Crippen MR) is 121 cm³/mol. The van der Waals surface area contributed by atoms with Crippen LogP contribution in [0.3, 0.4) is 0 Å². The van der Waals surface area contributed by atoms with Gasteiger partial charge in [-0.2, -0.15) is 0 Å². The van der Waals surface area contributed by atoms with Crippen molar-refractivity contribution in [1.29, 1.82) is 0 Å². The fourth-order valence-electron chi connectivity index (χ4n) is 3.50.